The molecule has 1 aromatic carbocycles. The molecule has 0 aliphatic rings. The van der Waals surface area contributed by atoms with Crippen molar-refractivity contribution in [2.24, 2.45) is 0 Å². The van der Waals surface area contributed by atoms with Crippen LogP contribution in [-0.2, 0) is 0 Å². The van der Waals surface area contributed by atoms with Gasteiger partial charge >= 0.3 is 5.51 Å². The first-order chi connectivity index (χ1) is 8.96. The summed E-state index contributed by atoms with van der Waals surface area (Å²) in [6, 6.07) is 9.03. The SMILES string of the molecule is OC(c1ccc(SC(F)(F)F)cc1)c1cccnc1. The van der Waals surface area contributed by atoms with Gasteiger partial charge in [-0.3, -0.25) is 4.98 Å². The van der Waals surface area contributed by atoms with E-state index in [4.69, 9.17) is 0 Å². The van der Waals surface area contributed by atoms with E-state index in [1.165, 1.54) is 30.5 Å². The number of halogens is 3. The monoisotopic (exact) mass is 285 g/mol. The lowest BCUT2D eigenvalue weighted by Gasteiger charge is -2.12. The normalized spacial score (nSPS) is 13.3. The van der Waals surface area contributed by atoms with E-state index in [2.05, 4.69) is 4.98 Å². The molecule has 2 nitrogen and oxygen atoms in total. The number of pyridine rings is 1. The van der Waals surface area contributed by atoms with Crippen LogP contribution in [0.5, 0.6) is 0 Å². The van der Waals surface area contributed by atoms with Crippen molar-refractivity contribution in [3.63, 3.8) is 0 Å². The van der Waals surface area contributed by atoms with Gasteiger partial charge in [0.15, 0.2) is 0 Å². The van der Waals surface area contributed by atoms with Gasteiger partial charge in [-0.25, -0.2) is 0 Å². The van der Waals surface area contributed by atoms with Gasteiger partial charge in [0.05, 0.1) is 0 Å². The third-order valence-corrected chi connectivity index (χ3v) is 3.17. The fraction of sp³-hybridized carbons (Fsp3) is 0.154. The van der Waals surface area contributed by atoms with Crippen LogP contribution in [0.25, 0.3) is 0 Å². The average Bonchev–Trinajstić information content (AvgIpc) is 2.38. The molecule has 0 fully saturated rings. The standard InChI is InChI=1S/C13H10F3NOS/c14-13(15,16)19-11-5-3-9(4-6-11)12(18)10-2-1-7-17-8-10/h1-8,12,18H. The third-order valence-electron chi connectivity index (χ3n) is 2.43. The van der Waals surface area contributed by atoms with Crippen molar-refractivity contribution >= 4 is 11.8 Å². The molecule has 1 unspecified atom stereocenters. The number of alkyl halides is 3. The number of thioether (sulfide) groups is 1. The number of hydrogen-bond acceptors (Lipinski definition) is 3. The maximum Gasteiger partial charge on any atom is 0.446 e. The highest BCUT2D eigenvalue weighted by Crippen LogP contribution is 2.37. The molecule has 2 rings (SSSR count). The highest BCUT2D eigenvalue weighted by Gasteiger charge is 2.29. The second kappa shape index (κ2) is 5.63. The average molecular weight is 285 g/mol. The minimum atomic E-state index is -4.30. The smallest absolute Gasteiger partial charge is 0.384 e. The maximum atomic E-state index is 12.2. The Labute approximate surface area is 112 Å². The highest BCUT2D eigenvalue weighted by molar-refractivity contribution is 8.00. The molecule has 1 atom stereocenters. The zero-order chi connectivity index (χ0) is 13.9. The second-order valence-corrected chi connectivity index (χ2v) is 4.94. The molecule has 0 amide bonds. The number of aromatic nitrogens is 1. The Morgan fingerprint density at radius 3 is 2.26 bits per heavy atom. The molecule has 1 heterocycles. The van der Waals surface area contributed by atoms with Gasteiger partial charge in [0, 0.05) is 22.9 Å². The van der Waals surface area contributed by atoms with Gasteiger partial charge in [-0.2, -0.15) is 13.2 Å². The first kappa shape index (κ1) is 13.9. The quantitative estimate of drug-likeness (QED) is 0.871. The fourth-order valence-corrected chi connectivity index (χ4v) is 2.12. The van der Waals surface area contributed by atoms with Gasteiger partial charge in [0.1, 0.15) is 6.10 Å². The van der Waals surface area contributed by atoms with Gasteiger partial charge in [-0.15, -0.1) is 0 Å². The van der Waals surface area contributed by atoms with Gasteiger partial charge in [0.2, 0.25) is 0 Å². The van der Waals surface area contributed by atoms with E-state index in [0.29, 0.717) is 11.1 Å². The molecule has 1 N–H and O–H groups in total. The van der Waals surface area contributed by atoms with E-state index in [1.54, 1.807) is 18.3 Å². The van der Waals surface area contributed by atoms with E-state index in [0.717, 1.165) is 0 Å². The summed E-state index contributed by atoms with van der Waals surface area (Å²) in [6.45, 7) is 0. The number of rotatable bonds is 3. The summed E-state index contributed by atoms with van der Waals surface area (Å²) in [5.41, 5.74) is -3.18. The molecule has 0 saturated carbocycles. The number of hydrogen-bond donors (Lipinski definition) is 1. The Bertz CT molecular complexity index is 528. The molecule has 19 heavy (non-hydrogen) atoms. The molecule has 6 heteroatoms. The molecule has 100 valence electrons. The van der Waals surface area contributed by atoms with Crippen molar-refractivity contribution in [3.05, 3.63) is 59.9 Å². The van der Waals surface area contributed by atoms with Gasteiger partial charge in [0.25, 0.3) is 0 Å². The number of benzene rings is 1. The number of aliphatic hydroxyl groups excluding tert-OH is 1. The summed E-state index contributed by atoms with van der Waals surface area (Å²) in [4.78, 5) is 3.98. The Morgan fingerprint density at radius 2 is 1.74 bits per heavy atom. The third kappa shape index (κ3) is 3.97. The lowest BCUT2D eigenvalue weighted by Crippen LogP contribution is -2.01. The van der Waals surface area contributed by atoms with Crippen LogP contribution in [0.15, 0.2) is 53.7 Å². The molecule has 0 bridgehead atoms. The number of nitrogens with zero attached hydrogens (tertiary/aromatic N) is 1. The molecule has 0 aliphatic heterocycles. The van der Waals surface area contributed by atoms with E-state index in [1.807, 2.05) is 0 Å². The summed E-state index contributed by atoms with van der Waals surface area (Å²) in [7, 11) is 0. The summed E-state index contributed by atoms with van der Waals surface area (Å²) < 4.78 is 36.5. The Hall–Kier alpha value is -1.53. The van der Waals surface area contributed by atoms with Crippen LogP contribution in [0.3, 0.4) is 0 Å². The first-order valence-corrected chi connectivity index (χ1v) is 6.21. The minimum absolute atomic E-state index is 0.0923. The van der Waals surface area contributed by atoms with Crippen LogP contribution in [0, 0.1) is 0 Å². The first-order valence-electron chi connectivity index (χ1n) is 5.39. The van der Waals surface area contributed by atoms with E-state index in [-0.39, 0.29) is 16.7 Å². The lowest BCUT2D eigenvalue weighted by molar-refractivity contribution is -0.0328. The minimum Gasteiger partial charge on any atom is -0.384 e. The topological polar surface area (TPSA) is 33.1 Å². The molecule has 0 spiro atoms. The Kier molecular flexibility index (Phi) is 4.11. The predicted molar refractivity (Wildman–Crippen MR) is 66.7 cm³/mol. The van der Waals surface area contributed by atoms with Gasteiger partial charge in [-0.1, -0.05) is 18.2 Å². The van der Waals surface area contributed by atoms with Crippen LogP contribution in [-0.4, -0.2) is 15.6 Å². The predicted octanol–water partition coefficient (Wildman–Crippen LogP) is 3.78. The Balaban J connectivity index is 2.15. The van der Waals surface area contributed by atoms with Gasteiger partial charge in [-0.05, 0) is 35.5 Å². The summed E-state index contributed by atoms with van der Waals surface area (Å²) in [5.74, 6) is 0. The highest BCUT2D eigenvalue weighted by atomic mass is 32.2. The van der Waals surface area contributed by atoms with E-state index >= 15 is 0 Å². The second-order valence-electron chi connectivity index (χ2n) is 3.81. The zero-order valence-electron chi connectivity index (χ0n) is 9.63. The van der Waals surface area contributed by atoms with Crippen LogP contribution >= 0.6 is 11.8 Å². The summed E-state index contributed by atoms with van der Waals surface area (Å²) >= 11 is -0.177. The molecule has 0 radical (unpaired) electrons. The van der Waals surface area contributed by atoms with E-state index in [9.17, 15) is 18.3 Å². The van der Waals surface area contributed by atoms with Crippen LogP contribution in [0.2, 0.25) is 0 Å². The summed E-state index contributed by atoms with van der Waals surface area (Å²) in [6.07, 6.45) is 2.21. The molecule has 0 aliphatic carbocycles. The van der Waals surface area contributed by atoms with Crippen LogP contribution in [0.4, 0.5) is 13.2 Å². The van der Waals surface area contributed by atoms with Gasteiger partial charge < -0.3 is 5.11 Å². The van der Waals surface area contributed by atoms with Crippen molar-refractivity contribution in [1.82, 2.24) is 4.98 Å². The van der Waals surface area contributed by atoms with Crippen LogP contribution < -0.4 is 0 Å². The molecule has 2 aromatic rings. The van der Waals surface area contributed by atoms with Crippen molar-refractivity contribution in [3.8, 4) is 0 Å². The maximum absolute atomic E-state index is 12.2. The van der Waals surface area contributed by atoms with Crippen molar-refractivity contribution < 1.29 is 18.3 Å². The molecule has 0 saturated heterocycles. The fourth-order valence-electron chi connectivity index (χ4n) is 1.58. The largest absolute Gasteiger partial charge is 0.446 e. The molecule has 1 aromatic heterocycles. The van der Waals surface area contributed by atoms with Crippen molar-refractivity contribution in [2.45, 2.75) is 16.5 Å². The van der Waals surface area contributed by atoms with E-state index < -0.39 is 11.6 Å². The van der Waals surface area contributed by atoms with Crippen LogP contribution in [0.1, 0.15) is 17.2 Å². The molecular weight excluding hydrogens is 275 g/mol. The number of aliphatic hydroxyl groups is 1. The van der Waals surface area contributed by atoms with Crippen molar-refractivity contribution in [2.75, 3.05) is 0 Å². The lowest BCUT2D eigenvalue weighted by atomic mass is 10.0. The zero-order valence-corrected chi connectivity index (χ0v) is 10.4. The Morgan fingerprint density at radius 1 is 1.05 bits per heavy atom. The van der Waals surface area contributed by atoms with Crippen molar-refractivity contribution in [1.29, 1.82) is 0 Å². The molecular formula is C13H10F3NOS. The summed E-state index contributed by atoms with van der Waals surface area (Å²) in [5, 5.41) is 10.0.